The Balaban J connectivity index is 2.01. The summed E-state index contributed by atoms with van der Waals surface area (Å²) in [6.45, 7) is -0.229. The normalized spacial score (nSPS) is 11.0. The van der Waals surface area contributed by atoms with Gasteiger partial charge in [-0.3, -0.25) is 9.10 Å². The Kier molecular flexibility index (Phi) is 6.31. The average molecular weight is 448 g/mol. The maximum atomic E-state index is 12.0. The van der Waals surface area contributed by atoms with Gasteiger partial charge in [0, 0.05) is 17.2 Å². The smallest absolute Gasteiger partial charge is 0.262 e. The number of amides is 1. The third-order valence-electron chi connectivity index (χ3n) is 3.24. The predicted molar refractivity (Wildman–Crippen MR) is 103 cm³/mol. The largest absolute Gasteiger partial charge is 0.482 e. The van der Waals surface area contributed by atoms with E-state index in [1.807, 2.05) is 0 Å². The lowest BCUT2D eigenvalue weighted by molar-refractivity contribution is -0.118. The lowest BCUT2D eigenvalue weighted by Gasteiger charge is -2.17. The number of carbonyl (C=O) groups excluding carboxylic acids is 1. The fraction of sp³-hybridized carbons (Fsp3) is 0.188. The number of nitrogens with one attached hydrogen (secondary N) is 1. The minimum Gasteiger partial charge on any atom is -0.482 e. The van der Waals surface area contributed by atoms with Crippen molar-refractivity contribution in [3.8, 4) is 5.75 Å². The Bertz CT molecular complexity index is 889. The summed E-state index contributed by atoms with van der Waals surface area (Å²) in [4.78, 5) is 12.0. The van der Waals surface area contributed by atoms with Gasteiger partial charge in [-0.05, 0) is 36.4 Å². The monoisotopic (exact) mass is 446 g/mol. The Hall–Kier alpha value is -1.77. The topological polar surface area (TPSA) is 75.7 Å². The van der Waals surface area contributed by atoms with Gasteiger partial charge in [0.2, 0.25) is 10.0 Å². The van der Waals surface area contributed by atoms with E-state index >= 15 is 0 Å². The number of sulfonamides is 1. The van der Waals surface area contributed by atoms with E-state index in [1.54, 1.807) is 42.5 Å². The lowest BCUT2D eigenvalue weighted by Crippen LogP contribution is -2.25. The summed E-state index contributed by atoms with van der Waals surface area (Å²) in [7, 11) is -1.94. The van der Waals surface area contributed by atoms with Crippen molar-refractivity contribution >= 4 is 54.8 Å². The second kappa shape index (κ2) is 8.07. The van der Waals surface area contributed by atoms with Gasteiger partial charge in [0.25, 0.3) is 5.91 Å². The van der Waals surface area contributed by atoms with Gasteiger partial charge >= 0.3 is 0 Å². The zero-order chi connectivity index (χ0) is 18.6. The van der Waals surface area contributed by atoms with Crippen LogP contribution in [0, 0.1) is 0 Å². The molecule has 1 amide bonds. The molecule has 0 fully saturated rings. The van der Waals surface area contributed by atoms with Crippen LogP contribution in [0.25, 0.3) is 0 Å². The first-order chi connectivity index (χ1) is 11.7. The zero-order valence-electron chi connectivity index (χ0n) is 13.5. The molecule has 0 spiro atoms. The van der Waals surface area contributed by atoms with Crippen LogP contribution in [0.4, 0.5) is 11.4 Å². The minimum atomic E-state index is -3.38. The first-order valence-electron chi connectivity index (χ1n) is 7.08. The van der Waals surface area contributed by atoms with Gasteiger partial charge in [-0.1, -0.05) is 33.6 Å². The number of benzene rings is 2. The van der Waals surface area contributed by atoms with Crippen molar-refractivity contribution in [2.45, 2.75) is 0 Å². The number of hydrogen-bond acceptors (Lipinski definition) is 4. The number of rotatable bonds is 6. The number of ether oxygens (including phenoxy) is 1. The molecule has 2 aromatic carbocycles. The maximum Gasteiger partial charge on any atom is 0.262 e. The molecule has 2 rings (SSSR count). The zero-order valence-corrected chi connectivity index (χ0v) is 16.7. The molecule has 1 N–H and O–H groups in total. The molecule has 0 heterocycles. The predicted octanol–water partition coefficient (Wildman–Crippen LogP) is 3.52. The van der Waals surface area contributed by atoms with Gasteiger partial charge in [0.1, 0.15) is 5.75 Å². The van der Waals surface area contributed by atoms with Crippen LogP contribution in [0.15, 0.2) is 46.9 Å². The van der Waals surface area contributed by atoms with Crippen LogP contribution in [0.1, 0.15) is 0 Å². The highest BCUT2D eigenvalue weighted by molar-refractivity contribution is 9.10. The van der Waals surface area contributed by atoms with E-state index in [2.05, 4.69) is 21.2 Å². The van der Waals surface area contributed by atoms with Crippen molar-refractivity contribution < 1.29 is 17.9 Å². The molecule has 2 aromatic rings. The summed E-state index contributed by atoms with van der Waals surface area (Å²) in [5.41, 5.74) is 0.903. The summed E-state index contributed by atoms with van der Waals surface area (Å²) < 4.78 is 30.5. The van der Waals surface area contributed by atoms with E-state index in [4.69, 9.17) is 16.3 Å². The molecule has 9 heteroatoms. The van der Waals surface area contributed by atoms with Crippen LogP contribution in [-0.4, -0.2) is 34.2 Å². The highest BCUT2D eigenvalue weighted by Crippen LogP contribution is 2.27. The third kappa shape index (κ3) is 5.62. The van der Waals surface area contributed by atoms with Crippen molar-refractivity contribution in [3.63, 3.8) is 0 Å². The number of hydrogen-bond donors (Lipinski definition) is 1. The van der Waals surface area contributed by atoms with Crippen LogP contribution in [0.2, 0.25) is 5.02 Å². The van der Waals surface area contributed by atoms with E-state index in [0.29, 0.717) is 22.1 Å². The van der Waals surface area contributed by atoms with E-state index < -0.39 is 15.9 Å². The summed E-state index contributed by atoms with van der Waals surface area (Å²) in [6, 6.07) is 11.6. The summed E-state index contributed by atoms with van der Waals surface area (Å²) in [5.74, 6) is 0.00345. The summed E-state index contributed by atoms with van der Waals surface area (Å²) in [5, 5.41) is 3.04. The molecule has 0 aromatic heterocycles. The second-order valence-electron chi connectivity index (χ2n) is 5.19. The fourth-order valence-corrected chi connectivity index (χ4v) is 3.13. The molecule has 0 aliphatic carbocycles. The maximum absolute atomic E-state index is 12.0. The Morgan fingerprint density at radius 1 is 1.28 bits per heavy atom. The minimum absolute atomic E-state index is 0.229. The average Bonchev–Trinajstić information content (AvgIpc) is 2.52. The summed E-state index contributed by atoms with van der Waals surface area (Å²) >= 11 is 9.31. The fourth-order valence-electron chi connectivity index (χ4n) is 1.90. The van der Waals surface area contributed by atoms with E-state index in [1.165, 1.54) is 7.05 Å². The van der Waals surface area contributed by atoms with Crippen molar-refractivity contribution in [2.75, 3.05) is 29.5 Å². The Morgan fingerprint density at radius 2 is 2.00 bits per heavy atom. The van der Waals surface area contributed by atoms with Gasteiger partial charge in [0.05, 0.1) is 17.0 Å². The molecule has 0 bridgehead atoms. The van der Waals surface area contributed by atoms with E-state index in [9.17, 15) is 13.2 Å². The standard InChI is InChI=1S/C16H16BrClN2O4S/c1-20(25(2,22)23)13-5-3-4-12(9-13)19-16(21)10-24-15-7-6-11(17)8-14(15)18/h3-9H,10H2,1-2H3,(H,19,21). The molecule has 0 radical (unpaired) electrons. The molecule has 0 aliphatic rings. The van der Waals surface area contributed by atoms with Crippen molar-refractivity contribution in [3.05, 3.63) is 52.0 Å². The number of carbonyl (C=O) groups is 1. The first-order valence-corrected chi connectivity index (χ1v) is 10.1. The van der Waals surface area contributed by atoms with E-state index in [0.717, 1.165) is 15.0 Å². The molecule has 25 heavy (non-hydrogen) atoms. The number of halogens is 2. The van der Waals surface area contributed by atoms with Gasteiger partial charge in [0.15, 0.2) is 6.61 Å². The molecular formula is C16H16BrClN2O4S. The molecule has 134 valence electrons. The van der Waals surface area contributed by atoms with E-state index in [-0.39, 0.29) is 6.61 Å². The second-order valence-corrected chi connectivity index (χ2v) is 8.53. The SMILES string of the molecule is CN(c1cccc(NC(=O)COc2ccc(Br)cc2Cl)c1)S(C)(=O)=O. The van der Waals surface area contributed by atoms with Crippen LogP contribution in [0.5, 0.6) is 5.75 Å². The highest BCUT2D eigenvalue weighted by Gasteiger charge is 2.13. The quantitative estimate of drug-likeness (QED) is 0.735. The highest BCUT2D eigenvalue weighted by atomic mass is 79.9. The third-order valence-corrected chi connectivity index (χ3v) is 5.24. The van der Waals surface area contributed by atoms with Crippen LogP contribution in [-0.2, 0) is 14.8 Å². The molecule has 0 unspecified atom stereocenters. The van der Waals surface area contributed by atoms with Crippen molar-refractivity contribution in [1.82, 2.24) is 0 Å². The van der Waals surface area contributed by atoms with Gasteiger partial charge < -0.3 is 10.1 Å². The molecular weight excluding hydrogens is 432 g/mol. The van der Waals surface area contributed by atoms with Crippen molar-refractivity contribution in [2.24, 2.45) is 0 Å². The number of anilines is 2. The lowest BCUT2D eigenvalue weighted by atomic mass is 10.3. The van der Waals surface area contributed by atoms with Gasteiger partial charge in [-0.2, -0.15) is 0 Å². The molecule has 6 nitrogen and oxygen atoms in total. The first kappa shape index (κ1) is 19.6. The van der Waals surface area contributed by atoms with Gasteiger partial charge in [-0.25, -0.2) is 8.42 Å². The number of nitrogens with zero attached hydrogens (tertiary/aromatic N) is 1. The molecule has 0 aliphatic heterocycles. The van der Waals surface area contributed by atoms with Crippen molar-refractivity contribution in [1.29, 1.82) is 0 Å². The Labute approximate surface area is 159 Å². The molecule has 0 atom stereocenters. The molecule has 0 saturated heterocycles. The van der Waals surface area contributed by atoms with Crippen LogP contribution in [0.3, 0.4) is 0 Å². The van der Waals surface area contributed by atoms with Crippen LogP contribution < -0.4 is 14.4 Å². The molecule has 0 saturated carbocycles. The van der Waals surface area contributed by atoms with Gasteiger partial charge in [-0.15, -0.1) is 0 Å². The van der Waals surface area contributed by atoms with Crippen LogP contribution >= 0.6 is 27.5 Å². The summed E-state index contributed by atoms with van der Waals surface area (Å²) in [6.07, 6.45) is 1.11. The Morgan fingerprint density at radius 3 is 2.64 bits per heavy atom.